The summed E-state index contributed by atoms with van der Waals surface area (Å²) in [7, 11) is 0. The monoisotopic (exact) mass is 297 g/mol. The van der Waals surface area contributed by atoms with Crippen LogP contribution in [0.3, 0.4) is 0 Å². The highest BCUT2D eigenvalue weighted by molar-refractivity contribution is 9.10. The summed E-state index contributed by atoms with van der Waals surface area (Å²) in [5.41, 5.74) is 1.28. The molecule has 94 valence electrons. The summed E-state index contributed by atoms with van der Waals surface area (Å²) in [6.07, 6.45) is 1.23. The Balaban J connectivity index is 2.03. The fraction of sp³-hybridized carbons (Fsp3) is 0.571. The Morgan fingerprint density at radius 2 is 2.29 bits per heavy atom. The first kappa shape index (κ1) is 12.9. The molecule has 17 heavy (non-hydrogen) atoms. The van der Waals surface area contributed by atoms with Crippen molar-refractivity contribution < 1.29 is 4.74 Å². The van der Waals surface area contributed by atoms with Crippen LogP contribution in [0, 0.1) is 5.92 Å². The largest absolute Gasteiger partial charge is 0.493 e. The highest BCUT2D eigenvalue weighted by Gasteiger charge is 2.16. The minimum absolute atomic E-state index is 0.490. The quantitative estimate of drug-likeness (QED) is 0.917. The molecule has 1 heterocycles. The van der Waals surface area contributed by atoms with Gasteiger partial charge >= 0.3 is 0 Å². The van der Waals surface area contributed by atoms with Crippen molar-refractivity contribution in [3.63, 3.8) is 0 Å². The summed E-state index contributed by atoms with van der Waals surface area (Å²) < 4.78 is 7.10. The zero-order valence-electron chi connectivity index (χ0n) is 10.5. The standard InChI is InChI=1S/C14H20BrNO/c1-10(2)13-7-12(15)3-4-14(13)17-9-11-5-6-16-8-11/h3-4,7,10-11,16H,5-6,8-9H2,1-2H3/t11-/m0/s1. The molecule has 1 aliphatic rings. The van der Waals surface area contributed by atoms with Crippen LogP contribution in [-0.2, 0) is 0 Å². The van der Waals surface area contributed by atoms with E-state index in [2.05, 4.69) is 47.2 Å². The Morgan fingerprint density at radius 1 is 1.47 bits per heavy atom. The van der Waals surface area contributed by atoms with Gasteiger partial charge in [0.05, 0.1) is 6.61 Å². The van der Waals surface area contributed by atoms with Crippen molar-refractivity contribution in [2.45, 2.75) is 26.2 Å². The SMILES string of the molecule is CC(C)c1cc(Br)ccc1OC[C@H]1CCNC1. The maximum Gasteiger partial charge on any atom is 0.122 e. The second-order valence-corrected chi connectivity index (χ2v) is 5.92. The fourth-order valence-electron chi connectivity index (χ4n) is 2.17. The molecule has 0 amide bonds. The molecule has 2 rings (SSSR count). The zero-order chi connectivity index (χ0) is 12.3. The Morgan fingerprint density at radius 3 is 2.94 bits per heavy atom. The third-order valence-electron chi connectivity index (χ3n) is 3.23. The molecular weight excluding hydrogens is 278 g/mol. The molecule has 0 spiro atoms. The Hall–Kier alpha value is -0.540. The van der Waals surface area contributed by atoms with E-state index in [-0.39, 0.29) is 0 Å². The third kappa shape index (κ3) is 3.46. The molecule has 0 aliphatic carbocycles. The second-order valence-electron chi connectivity index (χ2n) is 5.01. The number of hydrogen-bond donors (Lipinski definition) is 1. The van der Waals surface area contributed by atoms with E-state index >= 15 is 0 Å². The number of halogens is 1. The molecule has 1 N–H and O–H groups in total. The van der Waals surface area contributed by atoms with Crippen LogP contribution in [0.5, 0.6) is 5.75 Å². The molecular formula is C14H20BrNO. The van der Waals surface area contributed by atoms with Gasteiger partial charge in [-0.1, -0.05) is 29.8 Å². The number of nitrogens with one attached hydrogen (secondary N) is 1. The van der Waals surface area contributed by atoms with Crippen LogP contribution in [-0.4, -0.2) is 19.7 Å². The van der Waals surface area contributed by atoms with Gasteiger partial charge in [-0.2, -0.15) is 0 Å². The molecule has 1 aromatic rings. The Kier molecular flexibility index (Phi) is 4.46. The minimum Gasteiger partial charge on any atom is -0.493 e. The second kappa shape index (κ2) is 5.87. The van der Waals surface area contributed by atoms with Gasteiger partial charge in [0.1, 0.15) is 5.75 Å². The number of ether oxygens (including phenoxy) is 1. The lowest BCUT2D eigenvalue weighted by Crippen LogP contribution is -2.16. The van der Waals surface area contributed by atoms with Crippen LogP contribution < -0.4 is 10.1 Å². The molecule has 2 nitrogen and oxygen atoms in total. The van der Waals surface area contributed by atoms with E-state index < -0.39 is 0 Å². The smallest absolute Gasteiger partial charge is 0.122 e. The molecule has 0 radical (unpaired) electrons. The van der Waals surface area contributed by atoms with Crippen molar-refractivity contribution in [2.24, 2.45) is 5.92 Å². The van der Waals surface area contributed by atoms with Crippen LogP contribution in [0.2, 0.25) is 0 Å². The predicted molar refractivity (Wildman–Crippen MR) is 74.7 cm³/mol. The van der Waals surface area contributed by atoms with Crippen molar-refractivity contribution >= 4 is 15.9 Å². The van der Waals surface area contributed by atoms with E-state index in [0.29, 0.717) is 11.8 Å². The normalized spacial score (nSPS) is 19.9. The number of hydrogen-bond acceptors (Lipinski definition) is 2. The van der Waals surface area contributed by atoms with Gasteiger partial charge in [-0.3, -0.25) is 0 Å². The fourth-order valence-corrected chi connectivity index (χ4v) is 2.55. The van der Waals surface area contributed by atoms with Crippen LogP contribution >= 0.6 is 15.9 Å². The summed E-state index contributed by atoms with van der Waals surface area (Å²) in [4.78, 5) is 0. The average Bonchev–Trinajstić information content (AvgIpc) is 2.80. The Labute approximate surface area is 112 Å². The lowest BCUT2D eigenvalue weighted by atomic mass is 10.0. The van der Waals surface area contributed by atoms with Crippen LogP contribution in [0.4, 0.5) is 0 Å². The molecule has 3 heteroatoms. The summed E-state index contributed by atoms with van der Waals surface area (Å²) >= 11 is 3.52. The van der Waals surface area contributed by atoms with E-state index in [1.165, 1.54) is 12.0 Å². The highest BCUT2D eigenvalue weighted by Crippen LogP contribution is 2.30. The first-order chi connectivity index (χ1) is 8.16. The Bertz CT molecular complexity index is 372. The van der Waals surface area contributed by atoms with E-state index in [9.17, 15) is 0 Å². The molecule has 1 atom stereocenters. The maximum atomic E-state index is 5.98. The van der Waals surface area contributed by atoms with Gasteiger partial charge < -0.3 is 10.1 Å². The van der Waals surface area contributed by atoms with Crippen molar-refractivity contribution in [3.8, 4) is 5.75 Å². The van der Waals surface area contributed by atoms with Gasteiger partial charge in [0, 0.05) is 16.9 Å². The highest BCUT2D eigenvalue weighted by atomic mass is 79.9. The van der Waals surface area contributed by atoms with Crippen LogP contribution in [0.1, 0.15) is 31.7 Å². The molecule has 1 fully saturated rings. The molecule has 0 saturated carbocycles. The topological polar surface area (TPSA) is 21.3 Å². The van der Waals surface area contributed by atoms with Gasteiger partial charge in [-0.15, -0.1) is 0 Å². The lowest BCUT2D eigenvalue weighted by molar-refractivity contribution is 0.257. The molecule has 0 unspecified atom stereocenters. The van der Waals surface area contributed by atoms with Crippen LogP contribution in [0.15, 0.2) is 22.7 Å². The predicted octanol–water partition coefficient (Wildman–Crippen LogP) is 3.56. The van der Waals surface area contributed by atoms with E-state index in [4.69, 9.17) is 4.74 Å². The first-order valence-corrected chi connectivity index (χ1v) is 7.09. The van der Waals surface area contributed by atoms with Gasteiger partial charge in [0.2, 0.25) is 0 Å². The maximum absolute atomic E-state index is 5.98. The molecule has 1 aromatic carbocycles. The summed E-state index contributed by atoms with van der Waals surface area (Å²) in [6.45, 7) is 7.45. The summed E-state index contributed by atoms with van der Waals surface area (Å²) in [6, 6.07) is 6.28. The zero-order valence-corrected chi connectivity index (χ0v) is 12.1. The van der Waals surface area contributed by atoms with Gasteiger partial charge in [0.15, 0.2) is 0 Å². The minimum atomic E-state index is 0.490. The van der Waals surface area contributed by atoms with Gasteiger partial charge in [0.25, 0.3) is 0 Å². The van der Waals surface area contributed by atoms with Crippen molar-refractivity contribution in [1.29, 1.82) is 0 Å². The van der Waals surface area contributed by atoms with Crippen molar-refractivity contribution in [1.82, 2.24) is 5.32 Å². The van der Waals surface area contributed by atoms with E-state index in [0.717, 1.165) is 29.9 Å². The van der Waals surface area contributed by atoms with Crippen molar-refractivity contribution in [3.05, 3.63) is 28.2 Å². The third-order valence-corrected chi connectivity index (χ3v) is 3.72. The lowest BCUT2D eigenvalue weighted by Gasteiger charge is -2.16. The summed E-state index contributed by atoms with van der Waals surface area (Å²) in [5.74, 6) is 2.19. The van der Waals surface area contributed by atoms with Crippen molar-refractivity contribution in [2.75, 3.05) is 19.7 Å². The van der Waals surface area contributed by atoms with Gasteiger partial charge in [-0.25, -0.2) is 0 Å². The van der Waals surface area contributed by atoms with E-state index in [1.807, 2.05) is 6.07 Å². The van der Waals surface area contributed by atoms with Crippen LogP contribution in [0.25, 0.3) is 0 Å². The average molecular weight is 298 g/mol. The van der Waals surface area contributed by atoms with Gasteiger partial charge in [-0.05, 0) is 42.6 Å². The molecule has 0 aromatic heterocycles. The number of rotatable bonds is 4. The van der Waals surface area contributed by atoms with E-state index in [1.54, 1.807) is 0 Å². The molecule has 0 bridgehead atoms. The summed E-state index contributed by atoms with van der Waals surface area (Å²) in [5, 5.41) is 3.37. The molecule has 1 aliphatic heterocycles. The first-order valence-electron chi connectivity index (χ1n) is 6.30. The number of benzene rings is 1. The molecule has 1 saturated heterocycles.